The highest BCUT2D eigenvalue weighted by Gasteiger charge is 2.31. The SMILES string of the molecule is CC(C)COC(C)(C)C(C)n1[nH]c(=O)n(-c2ccccc2)c1=O. The number of H-pyrrole nitrogens is 1. The van der Waals surface area contributed by atoms with Crippen LogP contribution in [0.25, 0.3) is 5.69 Å². The average Bonchev–Trinajstić information content (AvgIpc) is 2.80. The Morgan fingerprint density at radius 1 is 1.13 bits per heavy atom. The van der Waals surface area contributed by atoms with E-state index in [0.717, 1.165) is 4.57 Å². The van der Waals surface area contributed by atoms with E-state index < -0.39 is 17.0 Å². The first-order chi connectivity index (χ1) is 10.7. The summed E-state index contributed by atoms with van der Waals surface area (Å²) in [6.45, 7) is 10.4. The monoisotopic (exact) mass is 319 g/mol. The molecule has 0 bridgehead atoms. The third kappa shape index (κ3) is 3.64. The molecule has 1 aromatic carbocycles. The van der Waals surface area contributed by atoms with Crippen molar-refractivity contribution in [3.05, 3.63) is 51.3 Å². The van der Waals surface area contributed by atoms with Gasteiger partial charge < -0.3 is 4.74 Å². The van der Waals surface area contributed by atoms with Gasteiger partial charge in [-0.1, -0.05) is 32.0 Å². The van der Waals surface area contributed by atoms with Gasteiger partial charge in [0.15, 0.2) is 0 Å². The van der Waals surface area contributed by atoms with Crippen LogP contribution in [0.15, 0.2) is 39.9 Å². The van der Waals surface area contributed by atoms with Crippen molar-refractivity contribution in [1.29, 1.82) is 0 Å². The standard InChI is InChI=1S/C17H25N3O3/c1-12(2)11-23-17(4,5)13(3)20-16(22)19(15(21)18-20)14-9-7-6-8-10-14/h6-10,12-13H,11H2,1-5H3,(H,18,21). The minimum Gasteiger partial charge on any atom is -0.373 e. The lowest BCUT2D eigenvalue weighted by atomic mass is 10.0. The summed E-state index contributed by atoms with van der Waals surface area (Å²) < 4.78 is 8.40. The molecule has 0 saturated heterocycles. The number of aromatic amines is 1. The molecule has 23 heavy (non-hydrogen) atoms. The van der Waals surface area contributed by atoms with Crippen LogP contribution in [0.3, 0.4) is 0 Å². The van der Waals surface area contributed by atoms with Crippen molar-refractivity contribution in [2.45, 2.75) is 46.3 Å². The van der Waals surface area contributed by atoms with E-state index in [1.165, 1.54) is 4.68 Å². The molecule has 1 heterocycles. The predicted molar refractivity (Wildman–Crippen MR) is 90.2 cm³/mol. The lowest BCUT2D eigenvalue weighted by molar-refractivity contribution is -0.0646. The average molecular weight is 319 g/mol. The van der Waals surface area contributed by atoms with Gasteiger partial charge >= 0.3 is 11.4 Å². The first kappa shape index (κ1) is 17.3. The van der Waals surface area contributed by atoms with Crippen molar-refractivity contribution in [3.8, 4) is 5.69 Å². The molecule has 1 unspecified atom stereocenters. The minimum absolute atomic E-state index is 0.314. The van der Waals surface area contributed by atoms with Crippen LogP contribution in [0, 0.1) is 5.92 Å². The molecular formula is C17H25N3O3. The first-order valence-electron chi connectivity index (χ1n) is 7.87. The van der Waals surface area contributed by atoms with Crippen LogP contribution in [-0.2, 0) is 4.74 Å². The fourth-order valence-electron chi connectivity index (χ4n) is 2.28. The molecule has 0 saturated carbocycles. The van der Waals surface area contributed by atoms with Gasteiger partial charge in [0.25, 0.3) is 0 Å². The smallest absolute Gasteiger partial charge is 0.351 e. The zero-order chi connectivity index (χ0) is 17.2. The second-order valence-electron chi connectivity index (χ2n) is 6.72. The van der Waals surface area contributed by atoms with E-state index in [9.17, 15) is 9.59 Å². The number of ether oxygens (including phenoxy) is 1. The normalized spacial score (nSPS) is 13.5. The molecule has 0 aliphatic heterocycles. The van der Waals surface area contributed by atoms with Gasteiger partial charge in [-0.05, 0) is 38.8 Å². The molecule has 1 atom stereocenters. The third-order valence-electron chi connectivity index (χ3n) is 4.01. The zero-order valence-corrected chi connectivity index (χ0v) is 14.4. The van der Waals surface area contributed by atoms with Crippen LogP contribution < -0.4 is 11.4 Å². The van der Waals surface area contributed by atoms with E-state index in [0.29, 0.717) is 18.2 Å². The number of rotatable bonds is 6. The van der Waals surface area contributed by atoms with Crippen molar-refractivity contribution in [1.82, 2.24) is 14.3 Å². The maximum absolute atomic E-state index is 12.7. The maximum atomic E-state index is 12.7. The summed E-state index contributed by atoms with van der Waals surface area (Å²) in [5, 5.41) is 2.64. The Hall–Kier alpha value is -2.08. The van der Waals surface area contributed by atoms with Crippen molar-refractivity contribution in [2.75, 3.05) is 6.61 Å². The Bertz CT molecular complexity index is 753. The van der Waals surface area contributed by atoms with Gasteiger partial charge in [-0.2, -0.15) is 0 Å². The Morgan fingerprint density at radius 2 is 1.74 bits per heavy atom. The molecule has 0 aliphatic carbocycles. The molecule has 1 N–H and O–H groups in total. The fraction of sp³-hybridized carbons (Fsp3) is 0.529. The number of benzene rings is 1. The lowest BCUT2D eigenvalue weighted by Gasteiger charge is -2.32. The largest absolute Gasteiger partial charge is 0.373 e. The zero-order valence-electron chi connectivity index (χ0n) is 14.4. The van der Waals surface area contributed by atoms with E-state index in [-0.39, 0.29) is 6.04 Å². The van der Waals surface area contributed by atoms with E-state index in [1.54, 1.807) is 24.3 Å². The van der Waals surface area contributed by atoms with Crippen molar-refractivity contribution in [3.63, 3.8) is 0 Å². The number of hydrogen-bond donors (Lipinski definition) is 1. The number of nitrogens with one attached hydrogen (secondary N) is 1. The molecule has 1 aromatic heterocycles. The topological polar surface area (TPSA) is 69.0 Å². The molecule has 2 rings (SSSR count). The van der Waals surface area contributed by atoms with Gasteiger partial charge in [0.05, 0.1) is 17.3 Å². The molecule has 6 nitrogen and oxygen atoms in total. The van der Waals surface area contributed by atoms with Gasteiger partial charge in [-0.25, -0.2) is 23.9 Å². The van der Waals surface area contributed by atoms with Crippen LogP contribution in [0.4, 0.5) is 0 Å². The van der Waals surface area contributed by atoms with E-state index in [2.05, 4.69) is 18.9 Å². The predicted octanol–water partition coefficient (Wildman–Crippen LogP) is 2.34. The molecule has 0 aliphatic rings. The second-order valence-corrected chi connectivity index (χ2v) is 6.72. The van der Waals surface area contributed by atoms with Gasteiger partial charge in [0, 0.05) is 6.61 Å². The molecule has 0 radical (unpaired) electrons. The van der Waals surface area contributed by atoms with Gasteiger partial charge in [0.2, 0.25) is 0 Å². The van der Waals surface area contributed by atoms with Crippen LogP contribution in [0.5, 0.6) is 0 Å². The van der Waals surface area contributed by atoms with Gasteiger partial charge in [-0.3, -0.25) is 0 Å². The van der Waals surface area contributed by atoms with E-state index in [1.807, 2.05) is 26.8 Å². The van der Waals surface area contributed by atoms with Gasteiger partial charge in [-0.15, -0.1) is 0 Å². The molecule has 0 fully saturated rings. The Kier molecular flexibility index (Phi) is 4.94. The molecule has 0 amide bonds. The summed E-state index contributed by atoms with van der Waals surface area (Å²) in [6, 6.07) is 8.56. The number of nitrogens with zero attached hydrogens (tertiary/aromatic N) is 2. The Balaban J connectivity index is 2.38. The maximum Gasteiger partial charge on any atom is 0.351 e. The second kappa shape index (κ2) is 6.58. The third-order valence-corrected chi connectivity index (χ3v) is 4.01. The fourth-order valence-corrected chi connectivity index (χ4v) is 2.28. The highest BCUT2D eigenvalue weighted by atomic mass is 16.5. The summed E-state index contributed by atoms with van der Waals surface area (Å²) in [7, 11) is 0. The van der Waals surface area contributed by atoms with Crippen LogP contribution in [-0.4, -0.2) is 26.6 Å². The highest BCUT2D eigenvalue weighted by Crippen LogP contribution is 2.24. The molecular weight excluding hydrogens is 294 g/mol. The quantitative estimate of drug-likeness (QED) is 0.888. The van der Waals surface area contributed by atoms with Crippen molar-refractivity contribution >= 4 is 0 Å². The van der Waals surface area contributed by atoms with Crippen molar-refractivity contribution < 1.29 is 4.74 Å². The number of para-hydroxylation sites is 1. The van der Waals surface area contributed by atoms with Crippen molar-refractivity contribution in [2.24, 2.45) is 5.92 Å². The van der Waals surface area contributed by atoms with Gasteiger partial charge in [0.1, 0.15) is 0 Å². The molecule has 126 valence electrons. The molecule has 6 heteroatoms. The van der Waals surface area contributed by atoms with Crippen LogP contribution in [0.2, 0.25) is 0 Å². The van der Waals surface area contributed by atoms with E-state index >= 15 is 0 Å². The summed E-state index contributed by atoms with van der Waals surface area (Å²) in [5.74, 6) is 0.395. The van der Waals surface area contributed by atoms with Crippen LogP contribution in [0.1, 0.15) is 40.7 Å². The molecule has 0 spiro atoms. The summed E-state index contributed by atoms with van der Waals surface area (Å²) >= 11 is 0. The Morgan fingerprint density at radius 3 is 2.30 bits per heavy atom. The summed E-state index contributed by atoms with van der Waals surface area (Å²) in [6.07, 6.45) is 0. The lowest BCUT2D eigenvalue weighted by Crippen LogP contribution is -2.40. The summed E-state index contributed by atoms with van der Waals surface area (Å²) in [5.41, 5.74) is -0.881. The first-order valence-corrected chi connectivity index (χ1v) is 7.87. The number of hydrogen-bond acceptors (Lipinski definition) is 3. The van der Waals surface area contributed by atoms with Crippen LogP contribution >= 0.6 is 0 Å². The Labute approximate surface area is 135 Å². The highest BCUT2D eigenvalue weighted by molar-refractivity contribution is 5.30. The minimum atomic E-state index is -0.583. The summed E-state index contributed by atoms with van der Waals surface area (Å²) in [4.78, 5) is 24.9. The molecule has 2 aromatic rings. The van der Waals surface area contributed by atoms with E-state index in [4.69, 9.17) is 4.74 Å². The number of aromatic nitrogens is 3.